The van der Waals surface area contributed by atoms with Crippen molar-refractivity contribution in [2.24, 2.45) is 5.10 Å². The smallest absolute Gasteiger partial charge is 0.276 e. The number of hydrogen-bond donors (Lipinski definition) is 2. The van der Waals surface area contributed by atoms with E-state index in [4.69, 9.17) is 4.74 Å². The first kappa shape index (κ1) is 18.8. The molecule has 2 rings (SSSR count). The third kappa shape index (κ3) is 4.73. The molecule has 0 saturated carbocycles. The lowest BCUT2D eigenvalue weighted by molar-refractivity contribution is 0.318. The second-order valence-electron chi connectivity index (χ2n) is 5.70. The van der Waals surface area contributed by atoms with Crippen LogP contribution in [0, 0.1) is 0 Å². The maximum atomic E-state index is 12.2. The van der Waals surface area contributed by atoms with Crippen molar-refractivity contribution in [2.75, 3.05) is 6.61 Å². The van der Waals surface area contributed by atoms with E-state index in [1.807, 2.05) is 13.8 Å². The summed E-state index contributed by atoms with van der Waals surface area (Å²) in [7, 11) is -3.77. The second kappa shape index (κ2) is 8.02. The summed E-state index contributed by atoms with van der Waals surface area (Å²) in [5.41, 5.74) is 1.41. The van der Waals surface area contributed by atoms with Crippen LogP contribution in [-0.4, -0.2) is 26.3 Å². The van der Waals surface area contributed by atoms with E-state index in [0.717, 1.165) is 5.56 Å². The molecule has 0 fully saturated rings. The average Bonchev–Trinajstić information content (AvgIpc) is 2.58. The van der Waals surface area contributed by atoms with Crippen molar-refractivity contribution in [1.82, 2.24) is 4.83 Å². The zero-order valence-electron chi connectivity index (χ0n) is 14.4. The molecule has 2 aromatic carbocycles. The lowest BCUT2D eigenvalue weighted by atomic mass is 10.0. The van der Waals surface area contributed by atoms with Gasteiger partial charge in [-0.05, 0) is 42.7 Å². The molecule has 2 N–H and O–H groups in total. The molecule has 0 aliphatic rings. The number of hydrogen-bond acceptors (Lipinski definition) is 5. The minimum Gasteiger partial charge on any atom is -0.504 e. The van der Waals surface area contributed by atoms with Crippen LogP contribution in [0.1, 0.15) is 37.8 Å². The zero-order chi connectivity index (χ0) is 18.4. The first-order valence-corrected chi connectivity index (χ1v) is 9.43. The number of ether oxygens (including phenoxy) is 1. The van der Waals surface area contributed by atoms with E-state index in [1.165, 1.54) is 6.21 Å². The molecule has 0 atom stereocenters. The molecule has 0 aliphatic carbocycles. The molecule has 0 amide bonds. The number of para-hydroxylation sites is 1. The molecule has 0 saturated heterocycles. The van der Waals surface area contributed by atoms with Crippen molar-refractivity contribution in [2.45, 2.75) is 31.6 Å². The number of nitrogens with one attached hydrogen (secondary N) is 1. The van der Waals surface area contributed by atoms with Gasteiger partial charge in [0.15, 0.2) is 11.5 Å². The number of phenolic OH excluding ortho intramolecular Hbond substituents is 1. The fraction of sp³-hybridized carbons (Fsp3) is 0.278. The Labute approximate surface area is 148 Å². The highest BCUT2D eigenvalue weighted by atomic mass is 32.2. The number of hydrazone groups is 1. The highest BCUT2D eigenvalue weighted by Crippen LogP contribution is 2.28. The third-order valence-electron chi connectivity index (χ3n) is 3.56. The Kier molecular flexibility index (Phi) is 6.03. The van der Waals surface area contributed by atoms with Crippen molar-refractivity contribution >= 4 is 16.2 Å². The van der Waals surface area contributed by atoms with E-state index in [2.05, 4.69) is 9.93 Å². The first-order valence-electron chi connectivity index (χ1n) is 7.94. The van der Waals surface area contributed by atoms with Crippen molar-refractivity contribution in [3.05, 3.63) is 53.6 Å². The van der Waals surface area contributed by atoms with Gasteiger partial charge in [0.25, 0.3) is 10.0 Å². The van der Waals surface area contributed by atoms with E-state index < -0.39 is 10.0 Å². The quantitative estimate of drug-likeness (QED) is 0.585. The van der Waals surface area contributed by atoms with Crippen molar-refractivity contribution in [3.63, 3.8) is 0 Å². The van der Waals surface area contributed by atoms with Gasteiger partial charge in [0.2, 0.25) is 0 Å². The molecule has 2 aromatic rings. The number of nitrogens with zero attached hydrogens (tertiary/aromatic N) is 1. The van der Waals surface area contributed by atoms with Gasteiger partial charge >= 0.3 is 0 Å². The Bertz CT molecular complexity index is 844. The van der Waals surface area contributed by atoms with Crippen LogP contribution in [0.3, 0.4) is 0 Å². The topological polar surface area (TPSA) is 88.0 Å². The van der Waals surface area contributed by atoms with Crippen LogP contribution >= 0.6 is 0 Å². The summed E-state index contributed by atoms with van der Waals surface area (Å²) in [5.74, 6) is 0.551. The lowest BCUT2D eigenvalue weighted by Crippen LogP contribution is -2.18. The van der Waals surface area contributed by atoms with Crippen LogP contribution in [0.2, 0.25) is 0 Å². The minimum absolute atomic E-state index is 0.0893. The molecule has 134 valence electrons. The monoisotopic (exact) mass is 362 g/mol. The highest BCUT2D eigenvalue weighted by Gasteiger charge is 2.13. The highest BCUT2D eigenvalue weighted by molar-refractivity contribution is 7.89. The van der Waals surface area contributed by atoms with E-state index in [0.29, 0.717) is 23.8 Å². The van der Waals surface area contributed by atoms with Gasteiger partial charge < -0.3 is 9.84 Å². The first-order chi connectivity index (χ1) is 11.8. The lowest BCUT2D eigenvalue weighted by Gasteiger charge is -2.08. The van der Waals surface area contributed by atoms with Crippen molar-refractivity contribution in [3.8, 4) is 11.5 Å². The summed E-state index contributed by atoms with van der Waals surface area (Å²) in [6.45, 7) is 6.29. The Morgan fingerprint density at radius 3 is 2.48 bits per heavy atom. The number of rotatable bonds is 7. The Morgan fingerprint density at radius 2 is 1.88 bits per heavy atom. The summed E-state index contributed by atoms with van der Waals surface area (Å²) in [5, 5.41) is 13.8. The zero-order valence-corrected chi connectivity index (χ0v) is 15.2. The van der Waals surface area contributed by atoms with Gasteiger partial charge in [-0.2, -0.15) is 13.5 Å². The normalized spacial score (nSPS) is 11.8. The number of phenols is 1. The maximum absolute atomic E-state index is 12.2. The molecule has 25 heavy (non-hydrogen) atoms. The fourth-order valence-corrected chi connectivity index (χ4v) is 2.96. The van der Waals surface area contributed by atoms with Gasteiger partial charge in [0.05, 0.1) is 17.7 Å². The van der Waals surface area contributed by atoms with Gasteiger partial charge in [-0.25, -0.2) is 4.83 Å². The van der Waals surface area contributed by atoms with Gasteiger partial charge in [0, 0.05) is 5.56 Å². The summed E-state index contributed by atoms with van der Waals surface area (Å²) in [6.07, 6.45) is 1.23. The molecule has 0 aromatic heterocycles. The molecule has 0 unspecified atom stereocenters. The Morgan fingerprint density at radius 1 is 1.20 bits per heavy atom. The molecular formula is C18H22N2O4S. The Balaban J connectivity index is 2.14. The van der Waals surface area contributed by atoms with E-state index >= 15 is 0 Å². The maximum Gasteiger partial charge on any atom is 0.276 e. The van der Waals surface area contributed by atoms with E-state index in [1.54, 1.807) is 49.4 Å². The van der Waals surface area contributed by atoms with Crippen LogP contribution in [0.15, 0.2) is 52.5 Å². The predicted octanol–water partition coefficient (Wildman–Crippen LogP) is 3.23. The molecule has 0 aliphatic heterocycles. The summed E-state index contributed by atoms with van der Waals surface area (Å²) in [6, 6.07) is 11.6. The van der Waals surface area contributed by atoms with Gasteiger partial charge in [-0.3, -0.25) is 0 Å². The molecule has 6 nitrogen and oxygen atoms in total. The Hall–Kier alpha value is -2.54. The number of benzene rings is 2. The average molecular weight is 362 g/mol. The molecule has 0 bridgehead atoms. The molecular weight excluding hydrogens is 340 g/mol. The number of aromatic hydroxyl groups is 1. The number of sulfonamides is 1. The molecule has 0 heterocycles. The van der Waals surface area contributed by atoms with Crippen LogP contribution in [0.4, 0.5) is 0 Å². The van der Waals surface area contributed by atoms with Crippen LogP contribution in [-0.2, 0) is 10.0 Å². The second-order valence-corrected chi connectivity index (χ2v) is 7.36. The predicted molar refractivity (Wildman–Crippen MR) is 97.7 cm³/mol. The summed E-state index contributed by atoms with van der Waals surface area (Å²) in [4.78, 5) is 2.27. The molecule has 7 heteroatoms. The molecule has 0 radical (unpaired) electrons. The van der Waals surface area contributed by atoms with Crippen LogP contribution in [0.5, 0.6) is 11.5 Å². The van der Waals surface area contributed by atoms with Crippen molar-refractivity contribution in [1.29, 1.82) is 0 Å². The standard InChI is InChI=1S/C18H22N2O4S/c1-4-24-17-7-5-6-15(18(17)21)12-19-20-25(22,23)16-10-8-14(9-11-16)13(2)3/h5-13,20-21H,4H2,1-3H3/b19-12+. The molecule has 0 spiro atoms. The minimum atomic E-state index is -3.77. The van der Waals surface area contributed by atoms with Crippen molar-refractivity contribution < 1.29 is 18.3 Å². The fourth-order valence-electron chi connectivity index (χ4n) is 2.17. The largest absolute Gasteiger partial charge is 0.504 e. The summed E-state index contributed by atoms with van der Waals surface area (Å²) >= 11 is 0. The van der Waals surface area contributed by atoms with Gasteiger partial charge in [-0.1, -0.05) is 32.0 Å². The van der Waals surface area contributed by atoms with E-state index in [-0.39, 0.29) is 10.6 Å². The third-order valence-corrected chi connectivity index (χ3v) is 4.80. The van der Waals surface area contributed by atoms with E-state index in [9.17, 15) is 13.5 Å². The summed E-state index contributed by atoms with van der Waals surface area (Å²) < 4.78 is 29.8. The van der Waals surface area contributed by atoms with Gasteiger partial charge in [0.1, 0.15) is 0 Å². The SMILES string of the molecule is CCOc1cccc(/C=N/NS(=O)(=O)c2ccc(C(C)C)cc2)c1O. The van der Waals surface area contributed by atoms with Crippen LogP contribution < -0.4 is 9.57 Å². The van der Waals surface area contributed by atoms with Gasteiger partial charge in [-0.15, -0.1) is 0 Å². The van der Waals surface area contributed by atoms with Crippen LogP contribution in [0.25, 0.3) is 0 Å².